The van der Waals surface area contributed by atoms with Gasteiger partial charge >= 0.3 is 0 Å². The van der Waals surface area contributed by atoms with Gasteiger partial charge in [-0.1, -0.05) is 25.1 Å². The second-order valence-electron chi connectivity index (χ2n) is 6.15. The smallest absolute Gasteiger partial charge is 0.261 e. The molecule has 7 nitrogen and oxygen atoms in total. The highest BCUT2D eigenvalue weighted by atomic mass is 32.2. The summed E-state index contributed by atoms with van der Waals surface area (Å²) in [5, 5.41) is 14.8. The molecule has 28 heavy (non-hydrogen) atoms. The van der Waals surface area contributed by atoms with Crippen molar-refractivity contribution in [1.82, 2.24) is 4.98 Å². The summed E-state index contributed by atoms with van der Waals surface area (Å²) < 4.78 is 24.9. The van der Waals surface area contributed by atoms with Gasteiger partial charge < -0.3 is 5.11 Å². The summed E-state index contributed by atoms with van der Waals surface area (Å²) in [6.45, 7) is 1.97. The van der Waals surface area contributed by atoms with Gasteiger partial charge in [0.2, 0.25) is 10.0 Å². The van der Waals surface area contributed by atoms with E-state index in [1.807, 2.05) is 6.92 Å². The Labute approximate surface area is 167 Å². The van der Waals surface area contributed by atoms with Crippen molar-refractivity contribution in [3.63, 3.8) is 0 Å². The number of anilines is 2. The maximum Gasteiger partial charge on any atom is 0.261 e. The van der Waals surface area contributed by atoms with E-state index in [0.717, 1.165) is 23.8 Å². The molecule has 1 amide bonds. The molecule has 0 aliphatic heterocycles. The standard InChI is InChI=1S/C19H19N3O4S2/c1-3-12-4-9-17(23)15(10-12)18(24)21-19-20-16(11-27-19)13-5-7-14(8-6-13)22-28(2,25)26/h4-11,22-23H,3H2,1-2H3,(H,20,21,24). The predicted molar refractivity (Wildman–Crippen MR) is 111 cm³/mol. The number of phenols is 1. The third kappa shape index (κ3) is 4.87. The summed E-state index contributed by atoms with van der Waals surface area (Å²) in [5.41, 5.74) is 3.04. The van der Waals surface area contributed by atoms with E-state index < -0.39 is 15.9 Å². The van der Waals surface area contributed by atoms with Crippen LogP contribution < -0.4 is 10.0 Å². The lowest BCUT2D eigenvalue weighted by atomic mass is 10.1. The van der Waals surface area contributed by atoms with Gasteiger partial charge in [-0.2, -0.15) is 0 Å². The molecule has 3 N–H and O–H groups in total. The Morgan fingerprint density at radius 1 is 1.18 bits per heavy atom. The average Bonchev–Trinajstić information content (AvgIpc) is 3.09. The normalized spacial score (nSPS) is 11.2. The van der Waals surface area contributed by atoms with Gasteiger partial charge in [-0.15, -0.1) is 11.3 Å². The summed E-state index contributed by atoms with van der Waals surface area (Å²) in [6.07, 6.45) is 1.84. The summed E-state index contributed by atoms with van der Waals surface area (Å²) in [4.78, 5) is 16.8. The molecule has 0 unspecified atom stereocenters. The first-order valence-corrected chi connectivity index (χ1v) is 11.2. The Balaban J connectivity index is 1.75. The molecule has 0 aliphatic rings. The summed E-state index contributed by atoms with van der Waals surface area (Å²) >= 11 is 1.26. The highest BCUT2D eigenvalue weighted by Crippen LogP contribution is 2.27. The maximum absolute atomic E-state index is 12.5. The number of nitrogens with zero attached hydrogens (tertiary/aromatic N) is 1. The summed E-state index contributed by atoms with van der Waals surface area (Å²) in [7, 11) is -3.33. The Morgan fingerprint density at radius 3 is 2.54 bits per heavy atom. The fourth-order valence-electron chi connectivity index (χ4n) is 2.54. The second-order valence-corrected chi connectivity index (χ2v) is 8.76. The van der Waals surface area contributed by atoms with Crippen LogP contribution in [0.4, 0.5) is 10.8 Å². The number of sulfonamides is 1. The summed E-state index contributed by atoms with van der Waals surface area (Å²) in [5.74, 6) is -0.512. The van der Waals surface area contributed by atoms with E-state index in [0.29, 0.717) is 16.5 Å². The number of aryl methyl sites for hydroxylation is 1. The molecule has 0 bridgehead atoms. The first-order valence-electron chi connectivity index (χ1n) is 8.42. The zero-order valence-electron chi connectivity index (χ0n) is 15.3. The lowest BCUT2D eigenvalue weighted by Crippen LogP contribution is -2.12. The minimum absolute atomic E-state index is 0.0829. The van der Waals surface area contributed by atoms with Crippen molar-refractivity contribution in [1.29, 1.82) is 0 Å². The SMILES string of the molecule is CCc1ccc(O)c(C(=O)Nc2nc(-c3ccc(NS(C)(=O)=O)cc3)cs2)c1. The van der Waals surface area contributed by atoms with Crippen molar-refractivity contribution in [2.45, 2.75) is 13.3 Å². The van der Waals surface area contributed by atoms with Crippen molar-refractivity contribution in [2.75, 3.05) is 16.3 Å². The van der Waals surface area contributed by atoms with Gasteiger partial charge in [-0.25, -0.2) is 13.4 Å². The van der Waals surface area contributed by atoms with Crippen molar-refractivity contribution >= 4 is 38.1 Å². The van der Waals surface area contributed by atoms with Crippen LogP contribution >= 0.6 is 11.3 Å². The minimum atomic E-state index is -3.33. The average molecular weight is 418 g/mol. The van der Waals surface area contributed by atoms with Crippen molar-refractivity contribution < 1.29 is 18.3 Å². The van der Waals surface area contributed by atoms with E-state index in [-0.39, 0.29) is 11.3 Å². The van der Waals surface area contributed by atoms with Gasteiger partial charge in [0.25, 0.3) is 5.91 Å². The highest BCUT2D eigenvalue weighted by molar-refractivity contribution is 7.92. The van der Waals surface area contributed by atoms with Crippen molar-refractivity contribution in [2.24, 2.45) is 0 Å². The van der Waals surface area contributed by atoms with Crippen LogP contribution in [0.1, 0.15) is 22.8 Å². The van der Waals surface area contributed by atoms with Gasteiger partial charge in [0.05, 0.1) is 17.5 Å². The van der Waals surface area contributed by atoms with Crippen LogP contribution in [0, 0.1) is 0 Å². The number of carbonyl (C=O) groups is 1. The maximum atomic E-state index is 12.5. The molecule has 1 aromatic heterocycles. The number of hydrogen-bond acceptors (Lipinski definition) is 6. The molecule has 0 saturated carbocycles. The predicted octanol–water partition coefficient (Wildman–Crippen LogP) is 3.70. The number of phenolic OH excluding ortho intramolecular Hbond substituents is 1. The quantitative estimate of drug-likeness (QED) is 0.567. The zero-order chi connectivity index (χ0) is 20.3. The third-order valence-corrected chi connectivity index (χ3v) is 5.29. The lowest BCUT2D eigenvalue weighted by Gasteiger charge is -2.06. The zero-order valence-corrected chi connectivity index (χ0v) is 16.9. The van der Waals surface area contributed by atoms with Crippen LogP contribution in [0.3, 0.4) is 0 Å². The molecule has 3 aromatic rings. The summed E-state index contributed by atoms with van der Waals surface area (Å²) in [6, 6.07) is 11.7. The number of carbonyl (C=O) groups excluding carboxylic acids is 1. The molecule has 0 atom stereocenters. The van der Waals surface area contributed by atoms with Crippen molar-refractivity contribution in [3.8, 4) is 17.0 Å². The van der Waals surface area contributed by atoms with Gasteiger partial charge in [-0.05, 0) is 36.2 Å². The van der Waals surface area contributed by atoms with E-state index in [9.17, 15) is 18.3 Å². The van der Waals surface area contributed by atoms with Gasteiger partial charge in [0, 0.05) is 16.6 Å². The first-order chi connectivity index (χ1) is 13.2. The lowest BCUT2D eigenvalue weighted by molar-refractivity contribution is 0.102. The molecule has 0 fully saturated rings. The van der Waals surface area contributed by atoms with Crippen LogP contribution in [0.5, 0.6) is 5.75 Å². The number of rotatable bonds is 6. The van der Waals surface area contributed by atoms with E-state index in [1.165, 1.54) is 17.4 Å². The van der Waals surface area contributed by atoms with E-state index >= 15 is 0 Å². The Morgan fingerprint density at radius 2 is 1.89 bits per heavy atom. The first kappa shape index (κ1) is 19.8. The highest BCUT2D eigenvalue weighted by Gasteiger charge is 2.14. The number of hydrogen-bond donors (Lipinski definition) is 3. The number of amides is 1. The monoisotopic (exact) mass is 417 g/mol. The third-order valence-electron chi connectivity index (χ3n) is 3.92. The minimum Gasteiger partial charge on any atom is -0.507 e. The molecule has 3 rings (SSSR count). The van der Waals surface area contributed by atoms with E-state index in [2.05, 4.69) is 15.0 Å². The van der Waals surface area contributed by atoms with Crippen LogP contribution in [-0.4, -0.2) is 30.7 Å². The molecule has 0 radical (unpaired) electrons. The van der Waals surface area contributed by atoms with Crippen LogP contribution in [-0.2, 0) is 16.4 Å². The molecule has 1 heterocycles. The van der Waals surface area contributed by atoms with Gasteiger partial charge in [0.1, 0.15) is 5.75 Å². The number of aromatic nitrogens is 1. The molecule has 0 aliphatic carbocycles. The largest absolute Gasteiger partial charge is 0.507 e. The fourth-order valence-corrected chi connectivity index (χ4v) is 3.82. The Bertz CT molecular complexity index is 1110. The topological polar surface area (TPSA) is 108 Å². The van der Waals surface area contributed by atoms with Gasteiger partial charge in [-0.3, -0.25) is 14.8 Å². The van der Waals surface area contributed by atoms with Crippen LogP contribution in [0.2, 0.25) is 0 Å². The molecule has 0 saturated heterocycles. The molecule has 2 aromatic carbocycles. The molecule has 146 valence electrons. The van der Waals surface area contributed by atoms with Crippen LogP contribution in [0.25, 0.3) is 11.3 Å². The molecule has 0 spiro atoms. The number of nitrogens with one attached hydrogen (secondary N) is 2. The number of aromatic hydroxyl groups is 1. The second kappa shape index (κ2) is 7.99. The Hall–Kier alpha value is -2.91. The molecule has 9 heteroatoms. The number of thiazole rings is 1. The number of benzene rings is 2. The Kier molecular flexibility index (Phi) is 5.66. The van der Waals surface area contributed by atoms with E-state index in [1.54, 1.807) is 41.8 Å². The molecular formula is C19H19N3O4S2. The van der Waals surface area contributed by atoms with Crippen LogP contribution in [0.15, 0.2) is 47.8 Å². The van der Waals surface area contributed by atoms with E-state index in [4.69, 9.17) is 0 Å². The molecular weight excluding hydrogens is 398 g/mol. The van der Waals surface area contributed by atoms with Gasteiger partial charge in [0.15, 0.2) is 5.13 Å². The fraction of sp³-hybridized carbons (Fsp3) is 0.158. The van der Waals surface area contributed by atoms with Crippen molar-refractivity contribution in [3.05, 3.63) is 59.0 Å².